The van der Waals surface area contributed by atoms with Crippen molar-refractivity contribution in [2.45, 2.75) is 20.3 Å². The topological polar surface area (TPSA) is 29.1 Å². The van der Waals surface area contributed by atoms with Crippen LogP contribution in [-0.4, -0.2) is 12.5 Å². The maximum atomic E-state index is 13.0. The molecule has 0 aliphatic rings. The summed E-state index contributed by atoms with van der Waals surface area (Å²) in [6.07, 6.45) is 0.685. The number of rotatable bonds is 4. The van der Waals surface area contributed by atoms with Gasteiger partial charge in [0, 0.05) is 16.6 Å². The number of carbonyl (C=O) groups is 1. The summed E-state index contributed by atoms with van der Waals surface area (Å²) in [6, 6.07) is 10.4. The number of carbonyl (C=O) groups excluding carboxylic acids is 1. The minimum Gasteiger partial charge on any atom is -0.352 e. The van der Waals surface area contributed by atoms with Crippen LogP contribution in [0.4, 0.5) is 4.39 Å². The molecule has 2 aromatic rings. The van der Waals surface area contributed by atoms with Crippen LogP contribution in [0.3, 0.4) is 0 Å². The van der Waals surface area contributed by atoms with Crippen molar-refractivity contribution in [3.05, 3.63) is 68.9 Å². The van der Waals surface area contributed by atoms with Crippen molar-refractivity contribution in [1.82, 2.24) is 5.32 Å². The minimum atomic E-state index is -0.231. The van der Waals surface area contributed by atoms with Gasteiger partial charge in [-0.25, -0.2) is 4.39 Å². The third kappa shape index (κ3) is 4.14. The number of aryl methyl sites for hydroxylation is 2. The Morgan fingerprint density at radius 3 is 2.62 bits per heavy atom. The molecular formula is C17H17BrFNO. The standard InChI is InChI=1S/C17H17BrFNO/c1-11-3-5-14(18)10-16(11)17(21)20-8-7-13-4-6-15(19)9-12(13)2/h3-6,9-10H,7-8H2,1-2H3,(H,20,21). The van der Waals surface area contributed by atoms with Gasteiger partial charge in [0.15, 0.2) is 0 Å². The normalized spacial score (nSPS) is 10.5. The lowest BCUT2D eigenvalue weighted by molar-refractivity contribution is 0.0953. The number of hydrogen-bond acceptors (Lipinski definition) is 1. The van der Waals surface area contributed by atoms with Crippen LogP contribution in [0.2, 0.25) is 0 Å². The van der Waals surface area contributed by atoms with E-state index in [1.165, 1.54) is 12.1 Å². The summed E-state index contributed by atoms with van der Waals surface area (Å²) in [5.41, 5.74) is 3.56. The molecular weight excluding hydrogens is 333 g/mol. The second-order valence-electron chi connectivity index (χ2n) is 5.04. The first-order chi connectivity index (χ1) is 9.97. The second kappa shape index (κ2) is 6.85. The van der Waals surface area contributed by atoms with E-state index in [9.17, 15) is 9.18 Å². The Morgan fingerprint density at radius 2 is 1.90 bits per heavy atom. The summed E-state index contributed by atoms with van der Waals surface area (Å²) in [6.45, 7) is 4.31. The number of amides is 1. The average Bonchev–Trinajstić information content (AvgIpc) is 2.43. The van der Waals surface area contributed by atoms with Crippen molar-refractivity contribution in [3.63, 3.8) is 0 Å². The van der Waals surface area contributed by atoms with Gasteiger partial charge in [0.25, 0.3) is 5.91 Å². The van der Waals surface area contributed by atoms with Gasteiger partial charge < -0.3 is 5.32 Å². The molecule has 2 aromatic carbocycles. The van der Waals surface area contributed by atoms with E-state index in [1.807, 2.05) is 32.0 Å². The predicted octanol–water partition coefficient (Wildman–Crippen LogP) is 4.18. The lowest BCUT2D eigenvalue weighted by Gasteiger charge is -2.09. The highest BCUT2D eigenvalue weighted by Crippen LogP contribution is 2.16. The van der Waals surface area contributed by atoms with Gasteiger partial charge in [-0.3, -0.25) is 4.79 Å². The van der Waals surface area contributed by atoms with Gasteiger partial charge in [-0.1, -0.05) is 28.1 Å². The lowest BCUT2D eigenvalue weighted by Crippen LogP contribution is -2.26. The van der Waals surface area contributed by atoms with Crippen LogP contribution in [0.25, 0.3) is 0 Å². The summed E-state index contributed by atoms with van der Waals surface area (Å²) in [7, 11) is 0. The molecule has 2 rings (SSSR count). The van der Waals surface area contributed by atoms with E-state index >= 15 is 0 Å². The molecule has 0 fully saturated rings. The van der Waals surface area contributed by atoms with Gasteiger partial charge >= 0.3 is 0 Å². The minimum absolute atomic E-state index is 0.0893. The van der Waals surface area contributed by atoms with Crippen LogP contribution in [-0.2, 0) is 6.42 Å². The Kier molecular flexibility index (Phi) is 5.12. The first-order valence-electron chi connectivity index (χ1n) is 6.77. The maximum absolute atomic E-state index is 13.0. The third-order valence-electron chi connectivity index (χ3n) is 3.43. The highest BCUT2D eigenvalue weighted by Gasteiger charge is 2.09. The Hall–Kier alpha value is -1.68. The summed E-state index contributed by atoms with van der Waals surface area (Å²) in [4.78, 5) is 12.2. The number of hydrogen-bond donors (Lipinski definition) is 1. The van der Waals surface area contributed by atoms with Gasteiger partial charge in [0.05, 0.1) is 0 Å². The molecule has 0 atom stereocenters. The highest BCUT2D eigenvalue weighted by molar-refractivity contribution is 9.10. The van der Waals surface area contributed by atoms with Crippen LogP contribution in [0.1, 0.15) is 27.0 Å². The van der Waals surface area contributed by atoms with E-state index in [2.05, 4.69) is 21.2 Å². The van der Waals surface area contributed by atoms with Gasteiger partial charge in [-0.2, -0.15) is 0 Å². The van der Waals surface area contributed by atoms with Crippen molar-refractivity contribution in [2.75, 3.05) is 6.54 Å². The Morgan fingerprint density at radius 1 is 1.14 bits per heavy atom. The van der Waals surface area contributed by atoms with Gasteiger partial charge in [-0.15, -0.1) is 0 Å². The molecule has 0 heterocycles. The average molecular weight is 350 g/mol. The lowest BCUT2D eigenvalue weighted by atomic mass is 10.1. The van der Waals surface area contributed by atoms with E-state index in [4.69, 9.17) is 0 Å². The van der Waals surface area contributed by atoms with E-state index < -0.39 is 0 Å². The molecule has 2 nitrogen and oxygen atoms in total. The van der Waals surface area contributed by atoms with Crippen LogP contribution in [0, 0.1) is 19.7 Å². The number of nitrogens with one attached hydrogen (secondary N) is 1. The zero-order valence-corrected chi connectivity index (χ0v) is 13.6. The molecule has 0 saturated heterocycles. The van der Waals surface area contributed by atoms with Crippen molar-refractivity contribution in [3.8, 4) is 0 Å². The molecule has 110 valence electrons. The second-order valence-corrected chi connectivity index (χ2v) is 5.95. The third-order valence-corrected chi connectivity index (χ3v) is 3.92. The summed E-state index contributed by atoms with van der Waals surface area (Å²) < 4.78 is 13.9. The fourth-order valence-electron chi connectivity index (χ4n) is 2.18. The van der Waals surface area contributed by atoms with Crippen molar-refractivity contribution >= 4 is 21.8 Å². The van der Waals surface area contributed by atoms with Gasteiger partial charge in [0.2, 0.25) is 0 Å². The van der Waals surface area contributed by atoms with E-state index in [0.717, 1.165) is 21.2 Å². The van der Waals surface area contributed by atoms with E-state index in [1.54, 1.807) is 6.07 Å². The largest absolute Gasteiger partial charge is 0.352 e. The molecule has 0 aromatic heterocycles. The molecule has 0 unspecified atom stereocenters. The summed E-state index contributed by atoms with van der Waals surface area (Å²) in [5, 5.41) is 2.90. The molecule has 21 heavy (non-hydrogen) atoms. The van der Waals surface area contributed by atoms with Crippen molar-refractivity contribution in [1.29, 1.82) is 0 Å². The zero-order valence-electron chi connectivity index (χ0n) is 12.0. The molecule has 1 amide bonds. The SMILES string of the molecule is Cc1cc(F)ccc1CCNC(=O)c1cc(Br)ccc1C. The van der Waals surface area contributed by atoms with Crippen LogP contribution >= 0.6 is 15.9 Å². The summed E-state index contributed by atoms with van der Waals surface area (Å²) >= 11 is 3.37. The van der Waals surface area contributed by atoms with Crippen LogP contribution in [0.15, 0.2) is 40.9 Å². The molecule has 0 radical (unpaired) electrons. The highest BCUT2D eigenvalue weighted by atomic mass is 79.9. The Labute approximate surface area is 132 Å². The fraction of sp³-hybridized carbons (Fsp3) is 0.235. The van der Waals surface area contributed by atoms with E-state index in [0.29, 0.717) is 18.5 Å². The Balaban J connectivity index is 1.97. The Bertz CT molecular complexity index is 670. The van der Waals surface area contributed by atoms with Crippen LogP contribution < -0.4 is 5.32 Å². The molecule has 0 bridgehead atoms. The van der Waals surface area contributed by atoms with E-state index in [-0.39, 0.29) is 11.7 Å². The van der Waals surface area contributed by atoms with Crippen molar-refractivity contribution in [2.24, 2.45) is 0 Å². The van der Waals surface area contributed by atoms with Crippen LogP contribution in [0.5, 0.6) is 0 Å². The zero-order chi connectivity index (χ0) is 15.4. The molecule has 0 saturated carbocycles. The first kappa shape index (κ1) is 15.7. The van der Waals surface area contributed by atoms with Crippen molar-refractivity contribution < 1.29 is 9.18 Å². The molecule has 1 N–H and O–H groups in total. The quantitative estimate of drug-likeness (QED) is 0.881. The predicted molar refractivity (Wildman–Crippen MR) is 86.1 cm³/mol. The number of halogens is 2. The first-order valence-corrected chi connectivity index (χ1v) is 7.56. The number of benzene rings is 2. The smallest absolute Gasteiger partial charge is 0.251 e. The van der Waals surface area contributed by atoms with Gasteiger partial charge in [-0.05, 0) is 61.2 Å². The monoisotopic (exact) mass is 349 g/mol. The maximum Gasteiger partial charge on any atom is 0.251 e. The fourth-order valence-corrected chi connectivity index (χ4v) is 2.55. The van der Waals surface area contributed by atoms with Gasteiger partial charge in [0.1, 0.15) is 5.82 Å². The molecule has 0 aliphatic carbocycles. The molecule has 0 spiro atoms. The molecule has 0 aliphatic heterocycles. The molecule has 4 heteroatoms. The summed E-state index contributed by atoms with van der Waals surface area (Å²) in [5.74, 6) is -0.321.